The molecule has 0 radical (unpaired) electrons. The molecule has 2 unspecified atom stereocenters. The molecule has 94 valence electrons. The third kappa shape index (κ3) is 5.63. The lowest BCUT2D eigenvalue weighted by Crippen LogP contribution is -2.43. The lowest BCUT2D eigenvalue weighted by Gasteiger charge is -2.17. The Morgan fingerprint density at radius 2 is 2.44 bits per heavy atom. The summed E-state index contributed by atoms with van der Waals surface area (Å²) in [6.45, 7) is 4.49. The topological polar surface area (TPSA) is 42.5 Å². The molecule has 0 saturated carbocycles. The van der Waals surface area contributed by atoms with Crippen LogP contribution in [-0.4, -0.2) is 44.1 Å². The number of ether oxygens (including phenoxy) is 2. The smallest absolute Gasteiger partial charge is 0.166 e. The van der Waals surface area contributed by atoms with Gasteiger partial charge in [0.05, 0.1) is 12.7 Å². The largest absolute Gasteiger partial charge is 0.383 e. The van der Waals surface area contributed by atoms with Crippen molar-refractivity contribution in [3.05, 3.63) is 0 Å². The molecule has 0 aliphatic carbocycles. The molecule has 2 atom stereocenters. The van der Waals surface area contributed by atoms with E-state index in [9.17, 15) is 0 Å². The van der Waals surface area contributed by atoms with Gasteiger partial charge in [-0.25, -0.2) is 0 Å². The number of nitrogens with one attached hydrogen (secondary N) is 2. The van der Waals surface area contributed by atoms with Crippen LogP contribution in [0.2, 0.25) is 0 Å². The van der Waals surface area contributed by atoms with E-state index in [4.69, 9.17) is 21.7 Å². The van der Waals surface area contributed by atoms with Gasteiger partial charge in [-0.1, -0.05) is 0 Å². The molecular weight excluding hydrogens is 224 g/mol. The summed E-state index contributed by atoms with van der Waals surface area (Å²) in [5.74, 6) is 0. The first-order valence-electron chi connectivity index (χ1n) is 5.87. The SMILES string of the molecule is COCC(C)NC(=S)NCCC1CCCO1. The molecule has 2 N–H and O–H groups in total. The number of rotatable bonds is 6. The fourth-order valence-electron chi connectivity index (χ4n) is 1.79. The molecule has 1 aliphatic rings. The number of thiocarbonyl (C=S) groups is 1. The van der Waals surface area contributed by atoms with Gasteiger partial charge in [-0.3, -0.25) is 0 Å². The number of methoxy groups -OCH3 is 1. The van der Waals surface area contributed by atoms with E-state index in [0.717, 1.165) is 19.6 Å². The Hall–Kier alpha value is -0.390. The van der Waals surface area contributed by atoms with E-state index in [1.54, 1.807) is 7.11 Å². The fraction of sp³-hybridized carbons (Fsp3) is 0.909. The Morgan fingerprint density at radius 3 is 3.06 bits per heavy atom. The molecule has 0 amide bonds. The highest BCUT2D eigenvalue weighted by Gasteiger charge is 2.14. The highest BCUT2D eigenvalue weighted by atomic mass is 32.1. The van der Waals surface area contributed by atoms with E-state index in [-0.39, 0.29) is 6.04 Å². The molecule has 16 heavy (non-hydrogen) atoms. The fourth-order valence-corrected chi connectivity index (χ4v) is 2.09. The average molecular weight is 246 g/mol. The van der Waals surface area contributed by atoms with Crippen molar-refractivity contribution in [2.24, 2.45) is 0 Å². The highest BCUT2D eigenvalue weighted by Crippen LogP contribution is 2.14. The van der Waals surface area contributed by atoms with Crippen LogP contribution in [0.5, 0.6) is 0 Å². The average Bonchev–Trinajstić information content (AvgIpc) is 2.70. The maximum atomic E-state index is 5.53. The van der Waals surface area contributed by atoms with Crippen molar-refractivity contribution in [2.75, 3.05) is 26.9 Å². The van der Waals surface area contributed by atoms with Crippen molar-refractivity contribution in [3.63, 3.8) is 0 Å². The van der Waals surface area contributed by atoms with Crippen molar-refractivity contribution in [1.29, 1.82) is 0 Å². The zero-order chi connectivity index (χ0) is 11.8. The predicted molar refractivity (Wildman–Crippen MR) is 68.7 cm³/mol. The van der Waals surface area contributed by atoms with Crippen LogP contribution in [0.4, 0.5) is 0 Å². The summed E-state index contributed by atoms with van der Waals surface area (Å²) in [6, 6.07) is 0.243. The van der Waals surface area contributed by atoms with Gasteiger partial charge in [-0.2, -0.15) is 0 Å². The zero-order valence-electron chi connectivity index (χ0n) is 10.1. The number of hydrogen-bond acceptors (Lipinski definition) is 3. The van der Waals surface area contributed by atoms with Gasteiger partial charge >= 0.3 is 0 Å². The normalized spacial score (nSPS) is 21.8. The van der Waals surface area contributed by atoms with E-state index < -0.39 is 0 Å². The van der Waals surface area contributed by atoms with Crippen LogP contribution in [0, 0.1) is 0 Å². The molecule has 1 fully saturated rings. The summed E-state index contributed by atoms with van der Waals surface area (Å²) in [6.07, 6.45) is 3.83. The lowest BCUT2D eigenvalue weighted by atomic mass is 10.2. The second kappa shape index (κ2) is 7.81. The van der Waals surface area contributed by atoms with E-state index in [0.29, 0.717) is 17.8 Å². The van der Waals surface area contributed by atoms with Crippen LogP contribution in [0.25, 0.3) is 0 Å². The van der Waals surface area contributed by atoms with Crippen molar-refractivity contribution in [1.82, 2.24) is 10.6 Å². The Kier molecular flexibility index (Phi) is 6.68. The molecule has 0 aromatic rings. The van der Waals surface area contributed by atoms with E-state index in [1.165, 1.54) is 12.8 Å². The van der Waals surface area contributed by atoms with Crippen molar-refractivity contribution >= 4 is 17.3 Å². The molecule has 5 heteroatoms. The van der Waals surface area contributed by atoms with Crippen molar-refractivity contribution in [3.8, 4) is 0 Å². The van der Waals surface area contributed by atoms with Crippen molar-refractivity contribution < 1.29 is 9.47 Å². The van der Waals surface area contributed by atoms with Crippen molar-refractivity contribution in [2.45, 2.75) is 38.3 Å². The van der Waals surface area contributed by atoms with Crippen LogP contribution in [0.15, 0.2) is 0 Å². The number of hydrogen-bond donors (Lipinski definition) is 2. The van der Waals surface area contributed by atoms with Gasteiger partial charge in [0.15, 0.2) is 5.11 Å². The third-order valence-corrected chi connectivity index (χ3v) is 2.83. The minimum absolute atomic E-state index is 0.243. The Balaban J connectivity index is 2.01. The quantitative estimate of drug-likeness (QED) is 0.686. The highest BCUT2D eigenvalue weighted by molar-refractivity contribution is 7.80. The summed E-state index contributed by atoms with van der Waals surface area (Å²) in [5.41, 5.74) is 0. The molecule has 0 aromatic carbocycles. The standard InChI is InChI=1S/C11H22N2O2S/c1-9(8-14-2)13-11(16)12-6-5-10-4-3-7-15-10/h9-10H,3-8H2,1-2H3,(H2,12,13,16). The molecule has 1 aliphatic heterocycles. The first-order chi connectivity index (χ1) is 7.72. The van der Waals surface area contributed by atoms with Crippen LogP contribution < -0.4 is 10.6 Å². The maximum Gasteiger partial charge on any atom is 0.166 e. The van der Waals surface area contributed by atoms with Gasteiger partial charge in [-0.15, -0.1) is 0 Å². The summed E-state index contributed by atoms with van der Waals surface area (Å²) >= 11 is 5.17. The molecular formula is C11H22N2O2S. The van der Waals surface area contributed by atoms with Gasteiger partial charge in [0, 0.05) is 26.3 Å². The Bertz CT molecular complexity index is 208. The van der Waals surface area contributed by atoms with Crippen LogP contribution in [0.3, 0.4) is 0 Å². The molecule has 1 heterocycles. The molecule has 0 bridgehead atoms. The Morgan fingerprint density at radius 1 is 1.62 bits per heavy atom. The minimum Gasteiger partial charge on any atom is -0.383 e. The molecule has 4 nitrogen and oxygen atoms in total. The van der Waals surface area contributed by atoms with Gasteiger partial charge < -0.3 is 20.1 Å². The Labute approximate surface area is 103 Å². The maximum absolute atomic E-state index is 5.53. The van der Waals surface area contributed by atoms with Gasteiger partial charge in [-0.05, 0) is 38.4 Å². The summed E-state index contributed by atoms with van der Waals surface area (Å²) in [7, 11) is 1.69. The third-order valence-electron chi connectivity index (χ3n) is 2.57. The molecule has 1 rings (SSSR count). The molecule has 0 aromatic heterocycles. The zero-order valence-corrected chi connectivity index (χ0v) is 10.9. The first kappa shape index (κ1) is 13.7. The molecule has 1 saturated heterocycles. The second-order valence-corrected chi connectivity index (χ2v) is 4.59. The van der Waals surface area contributed by atoms with E-state index in [2.05, 4.69) is 10.6 Å². The monoisotopic (exact) mass is 246 g/mol. The predicted octanol–water partition coefficient (Wildman–Crippen LogP) is 1.05. The van der Waals surface area contributed by atoms with Crippen LogP contribution >= 0.6 is 12.2 Å². The van der Waals surface area contributed by atoms with Crippen LogP contribution in [-0.2, 0) is 9.47 Å². The lowest BCUT2D eigenvalue weighted by molar-refractivity contribution is 0.105. The van der Waals surface area contributed by atoms with Gasteiger partial charge in [0.2, 0.25) is 0 Å². The van der Waals surface area contributed by atoms with Gasteiger partial charge in [0.1, 0.15) is 0 Å². The summed E-state index contributed by atoms with van der Waals surface area (Å²) in [5, 5.41) is 7.04. The summed E-state index contributed by atoms with van der Waals surface area (Å²) < 4.78 is 10.6. The van der Waals surface area contributed by atoms with Crippen LogP contribution in [0.1, 0.15) is 26.2 Å². The first-order valence-corrected chi connectivity index (χ1v) is 6.28. The van der Waals surface area contributed by atoms with E-state index >= 15 is 0 Å². The van der Waals surface area contributed by atoms with Gasteiger partial charge in [0.25, 0.3) is 0 Å². The minimum atomic E-state index is 0.243. The molecule has 0 spiro atoms. The summed E-state index contributed by atoms with van der Waals surface area (Å²) in [4.78, 5) is 0. The van der Waals surface area contributed by atoms with E-state index in [1.807, 2.05) is 6.92 Å². The second-order valence-electron chi connectivity index (χ2n) is 4.18.